The van der Waals surface area contributed by atoms with Crippen molar-refractivity contribution in [2.45, 2.75) is 11.4 Å². The van der Waals surface area contributed by atoms with Gasteiger partial charge in [0.1, 0.15) is 11.5 Å². The highest BCUT2D eigenvalue weighted by atomic mass is 32.2. The monoisotopic (exact) mass is 344 g/mol. The minimum absolute atomic E-state index is 0.135. The van der Waals surface area contributed by atoms with Crippen LogP contribution in [-0.2, 0) is 16.6 Å². The van der Waals surface area contributed by atoms with Crippen molar-refractivity contribution < 1.29 is 17.6 Å². The summed E-state index contributed by atoms with van der Waals surface area (Å²) in [6.07, 6.45) is 4.86. The van der Waals surface area contributed by atoms with E-state index in [1.54, 1.807) is 36.9 Å². The summed E-state index contributed by atoms with van der Waals surface area (Å²) in [7, 11) is -2.08. The fourth-order valence-corrected chi connectivity index (χ4v) is 3.20. The van der Waals surface area contributed by atoms with Gasteiger partial charge in [-0.05, 0) is 48.0 Å². The molecule has 0 saturated heterocycles. The lowest BCUT2D eigenvalue weighted by Crippen LogP contribution is -2.23. The standard InChI is InChI=1S/C17H16N2O4S/c1-22-15-4-6-16(7-5-15)24(20,21)19-11-13-9-14(12-18-10-13)17-3-2-8-23-17/h2-10,12,19H,11H2,1H3. The van der Waals surface area contributed by atoms with Crippen LogP contribution in [0.2, 0.25) is 0 Å². The Morgan fingerprint density at radius 1 is 1.17 bits per heavy atom. The number of nitrogens with one attached hydrogen (secondary N) is 1. The van der Waals surface area contributed by atoms with Gasteiger partial charge in [0, 0.05) is 24.5 Å². The zero-order chi connectivity index (χ0) is 17.0. The van der Waals surface area contributed by atoms with Crippen LogP contribution < -0.4 is 9.46 Å². The van der Waals surface area contributed by atoms with Crippen molar-refractivity contribution in [3.05, 3.63) is 66.7 Å². The summed E-state index contributed by atoms with van der Waals surface area (Å²) in [6.45, 7) is 0.135. The number of methoxy groups -OCH3 is 1. The molecule has 0 aliphatic heterocycles. The largest absolute Gasteiger partial charge is 0.497 e. The van der Waals surface area contributed by atoms with Gasteiger partial charge in [-0.25, -0.2) is 13.1 Å². The summed E-state index contributed by atoms with van der Waals surface area (Å²) in [5.41, 5.74) is 1.53. The molecule has 124 valence electrons. The molecule has 0 spiro atoms. The molecule has 0 fully saturated rings. The van der Waals surface area contributed by atoms with Crippen molar-refractivity contribution in [1.82, 2.24) is 9.71 Å². The van der Waals surface area contributed by atoms with E-state index in [-0.39, 0.29) is 11.4 Å². The lowest BCUT2D eigenvalue weighted by molar-refractivity contribution is 0.414. The number of aromatic nitrogens is 1. The Hall–Kier alpha value is -2.64. The van der Waals surface area contributed by atoms with E-state index in [2.05, 4.69) is 9.71 Å². The van der Waals surface area contributed by atoms with Crippen molar-refractivity contribution >= 4 is 10.0 Å². The molecular weight excluding hydrogens is 328 g/mol. The number of nitrogens with zero attached hydrogens (tertiary/aromatic N) is 1. The molecule has 3 rings (SSSR count). The van der Waals surface area contributed by atoms with Gasteiger partial charge in [-0.1, -0.05) is 0 Å². The minimum atomic E-state index is -3.61. The Kier molecular flexibility index (Phi) is 4.64. The van der Waals surface area contributed by atoms with Gasteiger partial charge in [0.25, 0.3) is 0 Å². The van der Waals surface area contributed by atoms with E-state index in [1.165, 1.54) is 19.2 Å². The first kappa shape index (κ1) is 16.2. The molecule has 0 bridgehead atoms. The van der Waals surface area contributed by atoms with Gasteiger partial charge < -0.3 is 9.15 Å². The molecule has 0 aliphatic carbocycles. The molecule has 2 aromatic heterocycles. The van der Waals surface area contributed by atoms with Crippen molar-refractivity contribution in [2.75, 3.05) is 7.11 Å². The third kappa shape index (κ3) is 3.64. The number of pyridine rings is 1. The predicted molar refractivity (Wildman–Crippen MR) is 89.0 cm³/mol. The zero-order valence-electron chi connectivity index (χ0n) is 13.0. The topological polar surface area (TPSA) is 81.4 Å². The lowest BCUT2D eigenvalue weighted by Gasteiger charge is -2.08. The molecule has 24 heavy (non-hydrogen) atoms. The van der Waals surface area contributed by atoms with Crippen LogP contribution in [0.15, 0.2) is 70.4 Å². The third-order valence-corrected chi connectivity index (χ3v) is 4.85. The molecule has 3 aromatic rings. The molecule has 0 unspecified atom stereocenters. The van der Waals surface area contributed by atoms with E-state index in [9.17, 15) is 8.42 Å². The maximum absolute atomic E-state index is 12.3. The van der Waals surface area contributed by atoms with E-state index in [4.69, 9.17) is 9.15 Å². The molecule has 0 aliphatic rings. The van der Waals surface area contributed by atoms with Crippen molar-refractivity contribution in [1.29, 1.82) is 0 Å². The highest BCUT2D eigenvalue weighted by Crippen LogP contribution is 2.20. The van der Waals surface area contributed by atoms with Gasteiger partial charge >= 0.3 is 0 Å². The number of sulfonamides is 1. The third-order valence-electron chi connectivity index (χ3n) is 3.44. The summed E-state index contributed by atoms with van der Waals surface area (Å²) >= 11 is 0. The van der Waals surface area contributed by atoms with Crippen LogP contribution >= 0.6 is 0 Å². The average molecular weight is 344 g/mol. The molecule has 7 heteroatoms. The smallest absolute Gasteiger partial charge is 0.240 e. The highest BCUT2D eigenvalue weighted by molar-refractivity contribution is 7.89. The van der Waals surface area contributed by atoms with E-state index in [0.29, 0.717) is 11.5 Å². The zero-order valence-corrected chi connectivity index (χ0v) is 13.8. The van der Waals surface area contributed by atoms with E-state index < -0.39 is 10.0 Å². The molecule has 0 amide bonds. The van der Waals surface area contributed by atoms with Gasteiger partial charge in [-0.3, -0.25) is 4.98 Å². The molecule has 0 atom stereocenters. The van der Waals surface area contributed by atoms with Gasteiger partial charge in [-0.2, -0.15) is 0 Å². The Bertz CT molecular complexity index is 904. The number of benzene rings is 1. The first-order chi connectivity index (χ1) is 11.6. The summed E-state index contributed by atoms with van der Waals surface area (Å²) in [5.74, 6) is 1.28. The van der Waals surface area contributed by atoms with Crippen LogP contribution in [0, 0.1) is 0 Å². The van der Waals surface area contributed by atoms with E-state index >= 15 is 0 Å². The van der Waals surface area contributed by atoms with E-state index in [1.807, 2.05) is 12.1 Å². The van der Waals surface area contributed by atoms with Crippen molar-refractivity contribution in [3.63, 3.8) is 0 Å². The maximum atomic E-state index is 12.3. The highest BCUT2D eigenvalue weighted by Gasteiger charge is 2.14. The second kappa shape index (κ2) is 6.86. The van der Waals surface area contributed by atoms with Gasteiger partial charge in [0.15, 0.2) is 0 Å². The molecule has 0 saturated carbocycles. The SMILES string of the molecule is COc1ccc(S(=O)(=O)NCc2cncc(-c3ccco3)c2)cc1. The van der Waals surface area contributed by atoms with Crippen LogP contribution in [0.3, 0.4) is 0 Å². The number of hydrogen-bond donors (Lipinski definition) is 1. The van der Waals surface area contributed by atoms with Crippen LogP contribution in [0.4, 0.5) is 0 Å². The summed E-state index contributed by atoms with van der Waals surface area (Å²) in [5, 5.41) is 0. The Labute approximate surface area is 140 Å². The second-order valence-corrected chi connectivity index (χ2v) is 6.83. The van der Waals surface area contributed by atoms with Crippen LogP contribution in [0.25, 0.3) is 11.3 Å². The number of ether oxygens (including phenoxy) is 1. The summed E-state index contributed by atoms with van der Waals surface area (Å²) < 4.78 is 37.6. The Morgan fingerprint density at radius 3 is 2.62 bits per heavy atom. The summed E-state index contributed by atoms with van der Waals surface area (Å²) in [4.78, 5) is 4.30. The van der Waals surface area contributed by atoms with Crippen LogP contribution in [0.1, 0.15) is 5.56 Å². The first-order valence-electron chi connectivity index (χ1n) is 7.20. The molecular formula is C17H16N2O4S. The lowest BCUT2D eigenvalue weighted by atomic mass is 10.2. The van der Waals surface area contributed by atoms with E-state index in [0.717, 1.165) is 11.1 Å². The Morgan fingerprint density at radius 2 is 1.96 bits per heavy atom. The maximum Gasteiger partial charge on any atom is 0.240 e. The minimum Gasteiger partial charge on any atom is -0.497 e. The van der Waals surface area contributed by atoms with Crippen LogP contribution in [0.5, 0.6) is 5.75 Å². The van der Waals surface area contributed by atoms with Crippen molar-refractivity contribution in [3.8, 4) is 17.1 Å². The predicted octanol–water partition coefficient (Wildman–Crippen LogP) is 2.83. The molecule has 0 radical (unpaired) electrons. The second-order valence-electron chi connectivity index (χ2n) is 5.06. The fourth-order valence-electron chi connectivity index (χ4n) is 2.18. The van der Waals surface area contributed by atoms with Crippen molar-refractivity contribution in [2.24, 2.45) is 0 Å². The number of furan rings is 1. The normalized spacial score (nSPS) is 11.4. The molecule has 1 aromatic carbocycles. The number of hydrogen-bond acceptors (Lipinski definition) is 5. The van der Waals surface area contributed by atoms with Gasteiger partial charge in [0.2, 0.25) is 10.0 Å². The fraction of sp³-hybridized carbons (Fsp3) is 0.118. The average Bonchev–Trinajstić information content (AvgIpc) is 3.15. The summed E-state index contributed by atoms with van der Waals surface area (Å²) in [6, 6.07) is 11.7. The Balaban J connectivity index is 1.73. The molecule has 1 N–H and O–H groups in total. The van der Waals surface area contributed by atoms with Crippen LogP contribution in [-0.4, -0.2) is 20.5 Å². The molecule has 2 heterocycles. The molecule has 6 nitrogen and oxygen atoms in total. The number of rotatable bonds is 6. The first-order valence-corrected chi connectivity index (χ1v) is 8.68. The van der Waals surface area contributed by atoms with Gasteiger partial charge in [0.05, 0.1) is 18.3 Å². The quantitative estimate of drug-likeness (QED) is 0.743. The van der Waals surface area contributed by atoms with Gasteiger partial charge in [-0.15, -0.1) is 0 Å².